The number of nitrogens with one attached hydrogen (secondary N) is 2. The molecule has 1 amide bonds. The van der Waals surface area contributed by atoms with Gasteiger partial charge in [0.2, 0.25) is 0 Å². The Bertz CT molecular complexity index is 849. The Morgan fingerprint density at radius 3 is 2.50 bits per heavy atom. The van der Waals surface area contributed by atoms with E-state index in [1.165, 1.54) is 5.56 Å². The van der Waals surface area contributed by atoms with Crippen molar-refractivity contribution in [2.75, 3.05) is 19.0 Å². The quantitative estimate of drug-likeness (QED) is 0.682. The van der Waals surface area contributed by atoms with E-state index in [1.807, 2.05) is 54.6 Å². The summed E-state index contributed by atoms with van der Waals surface area (Å²) in [4.78, 5) is 16.8. The Hall–Kier alpha value is -3.34. The summed E-state index contributed by atoms with van der Waals surface area (Å²) in [5, 5.41) is 6.14. The van der Waals surface area contributed by atoms with Gasteiger partial charge in [0.1, 0.15) is 11.6 Å². The van der Waals surface area contributed by atoms with Crippen molar-refractivity contribution in [1.82, 2.24) is 10.3 Å². The predicted octanol–water partition coefficient (Wildman–Crippen LogP) is 3.81. The number of rotatable bonds is 7. The Morgan fingerprint density at radius 2 is 1.77 bits per heavy atom. The van der Waals surface area contributed by atoms with Gasteiger partial charge in [-0.25, -0.2) is 4.98 Å². The van der Waals surface area contributed by atoms with Gasteiger partial charge in [-0.1, -0.05) is 30.3 Å². The fourth-order valence-corrected chi connectivity index (χ4v) is 2.56. The number of aromatic nitrogens is 1. The van der Waals surface area contributed by atoms with Crippen molar-refractivity contribution in [3.05, 3.63) is 84.1 Å². The van der Waals surface area contributed by atoms with Crippen molar-refractivity contribution in [3.63, 3.8) is 0 Å². The highest BCUT2D eigenvalue weighted by molar-refractivity contribution is 5.99. The van der Waals surface area contributed by atoms with Gasteiger partial charge in [0.05, 0.1) is 12.7 Å². The van der Waals surface area contributed by atoms with Crippen LogP contribution in [-0.4, -0.2) is 24.5 Å². The lowest BCUT2D eigenvalue weighted by Crippen LogP contribution is -2.26. The lowest BCUT2D eigenvalue weighted by Gasteiger charge is -2.11. The van der Waals surface area contributed by atoms with E-state index in [4.69, 9.17) is 4.74 Å². The second-order valence-corrected chi connectivity index (χ2v) is 5.74. The Morgan fingerprint density at radius 1 is 1.00 bits per heavy atom. The number of hydrogen-bond donors (Lipinski definition) is 2. The molecule has 3 rings (SSSR count). The molecule has 5 heteroatoms. The van der Waals surface area contributed by atoms with Gasteiger partial charge in [0, 0.05) is 18.4 Å². The summed E-state index contributed by atoms with van der Waals surface area (Å²) in [6.45, 7) is 0.569. The third-order valence-electron chi connectivity index (χ3n) is 3.95. The first-order valence-corrected chi connectivity index (χ1v) is 8.44. The Labute approximate surface area is 153 Å². The number of anilines is 2. The van der Waals surface area contributed by atoms with Crippen LogP contribution in [0.5, 0.6) is 5.75 Å². The predicted molar refractivity (Wildman–Crippen MR) is 103 cm³/mol. The molecule has 132 valence electrons. The third-order valence-corrected chi connectivity index (χ3v) is 3.95. The van der Waals surface area contributed by atoms with Crippen LogP contribution in [-0.2, 0) is 6.42 Å². The molecule has 1 heterocycles. The minimum absolute atomic E-state index is 0.148. The highest BCUT2D eigenvalue weighted by Crippen LogP contribution is 2.21. The minimum Gasteiger partial charge on any atom is -0.497 e. The van der Waals surface area contributed by atoms with Crippen molar-refractivity contribution < 1.29 is 9.53 Å². The summed E-state index contributed by atoms with van der Waals surface area (Å²) in [6.07, 6.45) is 2.45. The molecule has 0 aliphatic rings. The lowest BCUT2D eigenvalue weighted by molar-refractivity contribution is 0.0954. The van der Waals surface area contributed by atoms with E-state index in [0.29, 0.717) is 17.9 Å². The van der Waals surface area contributed by atoms with Crippen LogP contribution in [0, 0.1) is 0 Å². The summed E-state index contributed by atoms with van der Waals surface area (Å²) in [6, 6.07) is 21.0. The number of nitrogens with zero attached hydrogens (tertiary/aromatic N) is 1. The average Bonchev–Trinajstić information content (AvgIpc) is 2.70. The summed E-state index contributed by atoms with van der Waals surface area (Å²) in [7, 11) is 1.62. The average molecular weight is 347 g/mol. The number of pyridine rings is 1. The first-order chi connectivity index (χ1) is 12.8. The van der Waals surface area contributed by atoms with Gasteiger partial charge < -0.3 is 15.4 Å². The first kappa shape index (κ1) is 17.5. The van der Waals surface area contributed by atoms with Crippen molar-refractivity contribution >= 4 is 17.4 Å². The van der Waals surface area contributed by atoms with Crippen molar-refractivity contribution in [3.8, 4) is 5.75 Å². The van der Waals surface area contributed by atoms with E-state index in [2.05, 4.69) is 15.6 Å². The maximum atomic E-state index is 12.5. The molecule has 0 radical (unpaired) electrons. The second kappa shape index (κ2) is 8.67. The number of amides is 1. The van der Waals surface area contributed by atoms with Gasteiger partial charge in [0.15, 0.2) is 0 Å². The van der Waals surface area contributed by atoms with E-state index in [0.717, 1.165) is 17.9 Å². The summed E-state index contributed by atoms with van der Waals surface area (Å²) in [5.41, 5.74) is 2.54. The molecule has 2 N–H and O–H groups in total. The molecule has 0 saturated carbocycles. The zero-order valence-corrected chi connectivity index (χ0v) is 14.6. The largest absolute Gasteiger partial charge is 0.497 e. The molecule has 26 heavy (non-hydrogen) atoms. The molecule has 0 aliphatic carbocycles. The third kappa shape index (κ3) is 4.60. The van der Waals surface area contributed by atoms with E-state index in [9.17, 15) is 4.79 Å². The maximum absolute atomic E-state index is 12.5. The highest BCUT2D eigenvalue weighted by Gasteiger charge is 2.12. The fourth-order valence-electron chi connectivity index (χ4n) is 2.56. The van der Waals surface area contributed by atoms with Crippen LogP contribution in [0.25, 0.3) is 0 Å². The molecule has 2 aromatic carbocycles. The molecule has 3 aromatic rings. The topological polar surface area (TPSA) is 63.2 Å². The molecular weight excluding hydrogens is 326 g/mol. The van der Waals surface area contributed by atoms with Gasteiger partial charge >= 0.3 is 0 Å². The molecule has 0 atom stereocenters. The van der Waals surface area contributed by atoms with E-state index < -0.39 is 0 Å². The van der Waals surface area contributed by atoms with Gasteiger partial charge in [-0.05, 0) is 48.4 Å². The summed E-state index contributed by atoms with van der Waals surface area (Å²) in [5.74, 6) is 1.15. The molecule has 0 bridgehead atoms. The highest BCUT2D eigenvalue weighted by atomic mass is 16.5. The van der Waals surface area contributed by atoms with E-state index in [1.54, 1.807) is 25.4 Å². The van der Waals surface area contributed by atoms with Crippen LogP contribution in [0.3, 0.4) is 0 Å². The standard InChI is InChI=1S/C21H21N3O2/c1-26-18-11-9-17(10-12-18)24-20-19(8-5-14-22-20)21(25)23-15-13-16-6-3-2-4-7-16/h2-12,14H,13,15H2,1H3,(H,22,24)(H,23,25). The normalized spacial score (nSPS) is 10.2. The van der Waals surface area contributed by atoms with Crippen LogP contribution in [0.2, 0.25) is 0 Å². The van der Waals surface area contributed by atoms with Crippen molar-refractivity contribution in [2.24, 2.45) is 0 Å². The molecular formula is C21H21N3O2. The molecule has 0 spiro atoms. The zero-order chi connectivity index (χ0) is 18.2. The molecule has 0 saturated heterocycles. The van der Waals surface area contributed by atoms with Crippen molar-refractivity contribution in [1.29, 1.82) is 0 Å². The van der Waals surface area contributed by atoms with Crippen LogP contribution in [0.4, 0.5) is 11.5 Å². The fraction of sp³-hybridized carbons (Fsp3) is 0.143. The van der Waals surface area contributed by atoms with Crippen LogP contribution in [0.15, 0.2) is 72.9 Å². The van der Waals surface area contributed by atoms with Crippen LogP contribution in [0.1, 0.15) is 15.9 Å². The molecule has 0 aliphatic heterocycles. The van der Waals surface area contributed by atoms with Crippen LogP contribution >= 0.6 is 0 Å². The van der Waals surface area contributed by atoms with Gasteiger partial charge in [-0.2, -0.15) is 0 Å². The van der Waals surface area contributed by atoms with E-state index in [-0.39, 0.29) is 5.91 Å². The Balaban J connectivity index is 1.64. The monoisotopic (exact) mass is 347 g/mol. The van der Waals surface area contributed by atoms with Crippen LogP contribution < -0.4 is 15.4 Å². The maximum Gasteiger partial charge on any atom is 0.255 e. The molecule has 0 fully saturated rings. The number of carbonyl (C=O) groups excluding carboxylic acids is 1. The smallest absolute Gasteiger partial charge is 0.255 e. The number of methoxy groups -OCH3 is 1. The summed E-state index contributed by atoms with van der Waals surface area (Å²) >= 11 is 0. The van der Waals surface area contributed by atoms with Gasteiger partial charge in [0.25, 0.3) is 5.91 Å². The number of ether oxygens (including phenoxy) is 1. The number of benzene rings is 2. The molecule has 5 nitrogen and oxygen atoms in total. The molecule has 0 unspecified atom stereocenters. The number of hydrogen-bond acceptors (Lipinski definition) is 4. The SMILES string of the molecule is COc1ccc(Nc2ncccc2C(=O)NCCc2ccccc2)cc1. The summed E-state index contributed by atoms with van der Waals surface area (Å²) < 4.78 is 5.15. The van der Waals surface area contributed by atoms with E-state index >= 15 is 0 Å². The lowest BCUT2D eigenvalue weighted by atomic mass is 10.1. The number of carbonyl (C=O) groups is 1. The van der Waals surface area contributed by atoms with Gasteiger partial charge in [-0.15, -0.1) is 0 Å². The van der Waals surface area contributed by atoms with Crippen molar-refractivity contribution in [2.45, 2.75) is 6.42 Å². The van der Waals surface area contributed by atoms with Gasteiger partial charge in [-0.3, -0.25) is 4.79 Å². The molecule has 1 aromatic heterocycles. The first-order valence-electron chi connectivity index (χ1n) is 8.44. The second-order valence-electron chi connectivity index (χ2n) is 5.74. The zero-order valence-electron chi connectivity index (χ0n) is 14.6. The minimum atomic E-state index is -0.148. The Kier molecular flexibility index (Phi) is 5.83.